The van der Waals surface area contributed by atoms with Crippen molar-refractivity contribution in [3.05, 3.63) is 0 Å². The maximum absolute atomic E-state index is 11.3. The van der Waals surface area contributed by atoms with Crippen molar-refractivity contribution in [1.29, 1.82) is 0 Å². The zero-order valence-electron chi connectivity index (χ0n) is 10.4. The SMILES string of the molecule is CCCC(=O)NCC(=O)NC[C@@H](C)NCC. The van der Waals surface area contributed by atoms with Gasteiger partial charge in [0.2, 0.25) is 11.8 Å². The van der Waals surface area contributed by atoms with Crippen LogP contribution < -0.4 is 16.0 Å². The summed E-state index contributed by atoms with van der Waals surface area (Å²) in [5.74, 6) is -0.216. The predicted molar refractivity (Wildman–Crippen MR) is 64.1 cm³/mol. The Bertz CT molecular complexity index is 219. The molecule has 0 aliphatic heterocycles. The smallest absolute Gasteiger partial charge is 0.239 e. The van der Waals surface area contributed by atoms with Crippen LogP contribution in [0.2, 0.25) is 0 Å². The van der Waals surface area contributed by atoms with E-state index in [9.17, 15) is 9.59 Å². The summed E-state index contributed by atoms with van der Waals surface area (Å²) in [5, 5.41) is 8.50. The molecule has 2 amide bonds. The molecule has 1 atom stereocenters. The molecule has 94 valence electrons. The van der Waals surface area contributed by atoms with Crippen LogP contribution in [0.3, 0.4) is 0 Å². The van der Waals surface area contributed by atoms with E-state index in [-0.39, 0.29) is 24.4 Å². The van der Waals surface area contributed by atoms with E-state index < -0.39 is 0 Å². The molecule has 5 nitrogen and oxygen atoms in total. The molecule has 5 heteroatoms. The van der Waals surface area contributed by atoms with Gasteiger partial charge >= 0.3 is 0 Å². The lowest BCUT2D eigenvalue weighted by molar-refractivity contribution is -0.126. The Kier molecular flexibility index (Phi) is 8.52. The maximum atomic E-state index is 11.3. The third-order valence-electron chi connectivity index (χ3n) is 2.08. The summed E-state index contributed by atoms with van der Waals surface area (Å²) in [7, 11) is 0. The first-order valence-corrected chi connectivity index (χ1v) is 5.86. The van der Waals surface area contributed by atoms with Crippen LogP contribution in [0.25, 0.3) is 0 Å². The lowest BCUT2D eigenvalue weighted by atomic mass is 10.3. The molecule has 0 aromatic heterocycles. The van der Waals surface area contributed by atoms with Gasteiger partial charge in [-0.15, -0.1) is 0 Å². The second kappa shape index (κ2) is 9.15. The monoisotopic (exact) mass is 229 g/mol. The number of amides is 2. The fourth-order valence-electron chi connectivity index (χ4n) is 1.24. The summed E-state index contributed by atoms with van der Waals surface area (Å²) in [4.78, 5) is 22.4. The van der Waals surface area contributed by atoms with Gasteiger partial charge in [-0.2, -0.15) is 0 Å². The van der Waals surface area contributed by atoms with Crippen LogP contribution in [0.1, 0.15) is 33.6 Å². The van der Waals surface area contributed by atoms with Crippen molar-refractivity contribution in [2.45, 2.75) is 39.7 Å². The molecule has 0 aromatic carbocycles. The standard InChI is InChI=1S/C11H23N3O2/c1-4-6-10(15)14-8-11(16)13-7-9(3)12-5-2/h9,12H,4-8H2,1-3H3,(H,13,16)(H,14,15)/t9-/m1/s1. The highest BCUT2D eigenvalue weighted by Gasteiger charge is 2.05. The van der Waals surface area contributed by atoms with E-state index in [0.717, 1.165) is 13.0 Å². The van der Waals surface area contributed by atoms with Gasteiger partial charge < -0.3 is 16.0 Å². The Balaban J connectivity index is 3.55. The highest BCUT2D eigenvalue weighted by molar-refractivity contribution is 5.84. The number of hydrogen-bond donors (Lipinski definition) is 3. The average molecular weight is 229 g/mol. The largest absolute Gasteiger partial charge is 0.353 e. The molecule has 0 unspecified atom stereocenters. The van der Waals surface area contributed by atoms with Crippen LogP contribution in [0.4, 0.5) is 0 Å². The second-order valence-electron chi connectivity index (χ2n) is 3.79. The minimum atomic E-state index is -0.144. The summed E-state index contributed by atoms with van der Waals surface area (Å²) in [6.45, 7) is 7.47. The molecule has 0 spiro atoms. The first kappa shape index (κ1) is 14.9. The van der Waals surface area contributed by atoms with Crippen LogP contribution in [0, 0.1) is 0 Å². The summed E-state index contributed by atoms with van der Waals surface area (Å²) in [6.07, 6.45) is 1.27. The van der Waals surface area contributed by atoms with Crippen LogP contribution in [-0.4, -0.2) is 37.5 Å². The quantitative estimate of drug-likeness (QED) is 0.549. The molecule has 0 saturated carbocycles. The lowest BCUT2D eigenvalue weighted by Crippen LogP contribution is -2.43. The lowest BCUT2D eigenvalue weighted by Gasteiger charge is -2.13. The molecular formula is C11H23N3O2. The summed E-state index contributed by atoms with van der Waals surface area (Å²) < 4.78 is 0. The number of likely N-dealkylation sites (N-methyl/N-ethyl adjacent to an activating group) is 1. The molecule has 0 aromatic rings. The third-order valence-corrected chi connectivity index (χ3v) is 2.08. The first-order valence-electron chi connectivity index (χ1n) is 5.86. The first-order chi connectivity index (χ1) is 7.60. The van der Waals surface area contributed by atoms with Crippen molar-refractivity contribution < 1.29 is 9.59 Å². The predicted octanol–water partition coefficient (Wildman–Crippen LogP) is 0.0169. The normalized spacial score (nSPS) is 11.9. The molecule has 0 radical (unpaired) electrons. The van der Waals surface area contributed by atoms with Gasteiger partial charge in [0.15, 0.2) is 0 Å². The molecule has 16 heavy (non-hydrogen) atoms. The third kappa shape index (κ3) is 8.23. The number of carbonyl (C=O) groups is 2. The zero-order chi connectivity index (χ0) is 12.4. The Labute approximate surface area is 97.4 Å². The molecular weight excluding hydrogens is 206 g/mol. The van der Waals surface area contributed by atoms with Crippen molar-refractivity contribution in [1.82, 2.24) is 16.0 Å². The van der Waals surface area contributed by atoms with Gasteiger partial charge in [0.25, 0.3) is 0 Å². The van der Waals surface area contributed by atoms with Gasteiger partial charge in [-0.05, 0) is 19.9 Å². The van der Waals surface area contributed by atoms with Crippen LogP contribution in [-0.2, 0) is 9.59 Å². The maximum Gasteiger partial charge on any atom is 0.239 e. The zero-order valence-corrected chi connectivity index (χ0v) is 10.4. The fraction of sp³-hybridized carbons (Fsp3) is 0.818. The van der Waals surface area contributed by atoms with Crippen molar-refractivity contribution in [3.8, 4) is 0 Å². The minimum absolute atomic E-state index is 0.0671. The highest BCUT2D eigenvalue weighted by atomic mass is 16.2. The molecule has 0 saturated heterocycles. The molecule has 0 bridgehead atoms. The summed E-state index contributed by atoms with van der Waals surface area (Å²) in [5.41, 5.74) is 0. The molecule has 0 rings (SSSR count). The number of hydrogen-bond acceptors (Lipinski definition) is 3. The minimum Gasteiger partial charge on any atom is -0.353 e. The van der Waals surface area contributed by atoms with Gasteiger partial charge in [0, 0.05) is 19.0 Å². The summed E-state index contributed by atoms with van der Waals surface area (Å²) in [6, 6.07) is 0.250. The molecule has 0 fully saturated rings. The van der Waals surface area contributed by atoms with E-state index in [4.69, 9.17) is 0 Å². The fourth-order valence-corrected chi connectivity index (χ4v) is 1.24. The van der Waals surface area contributed by atoms with Crippen molar-refractivity contribution in [2.75, 3.05) is 19.6 Å². The Hall–Kier alpha value is -1.10. The Morgan fingerprint density at radius 1 is 1.12 bits per heavy atom. The number of carbonyl (C=O) groups excluding carboxylic acids is 2. The second-order valence-corrected chi connectivity index (χ2v) is 3.79. The van der Waals surface area contributed by atoms with E-state index in [2.05, 4.69) is 16.0 Å². The van der Waals surface area contributed by atoms with Gasteiger partial charge in [-0.3, -0.25) is 9.59 Å². The van der Waals surface area contributed by atoms with Gasteiger partial charge in [0.05, 0.1) is 6.54 Å². The van der Waals surface area contributed by atoms with Crippen molar-refractivity contribution in [2.24, 2.45) is 0 Å². The van der Waals surface area contributed by atoms with Crippen LogP contribution >= 0.6 is 0 Å². The molecule has 3 N–H and O–H groups in total. The van der Waals surface area contributed by atoms with E-state index in [1.165, 1.54) is 0 Å². The van der Waals surface area contributed by atoms with Crippen LogP contribution in [0.15, 0.2) is 0 Å². The number of nitrogens with one attached hydrogen (secondary N) is 3. The summed E-state index contributed by atoms with van der Waals surface area (Å²) >= 11 is 0. The molecule has 0 aliphatic carbocycles. The van der Waals surface area contributed by atoms with Crippen molar-refractivity contribution >= 4 is 11.8 Å². The van der Waals surface area contributed by atoms with E-state index >= 15 is 0 Å². The van der Waals surface area contributed by atoms with E-state index in [0.29, 0.717) is 13.0 Å². The highest BCUT2D eigenvalue weighted by Crippen LogP contribution is 1.84. The van der Waals surface area contributed by atoms with Crippen LogP contribution in [0.5, 0.6) is 0 Å². The van der Waals surface area contributed by atoms with Gasteiger partial charge in [-0.25, -0.2) is 0 Å². The topological polar surface area (TPSA) is 70.2 Å². The molecule has 0 heterocycles. The Morgan fingerprint density at radius 2 is 1.81 bits per heavy atom. The average Bonchev–Trinajstić information content (AvgIpc) is 2.24. The number of rotatable bonds is 8. The van der Waals surface area contributed by atoms with Gasteiger partial charge in [-0.1, -0.05) is 13.8 Å². The van der Waals surface area contributed by atoms with Gasteiger partial charge in [0.1, 0.15) is 0 Å². The molecule has 0 aliphatic rings. The van der Waals surface area contributed by atoms with E-state index in [1.54, 1.807) is 0 Å². The van der Waals surface area contributed by atoms with Crippen molar-refractivity contribution in [3.63, 3.8) is 0 Å². The van der Waals surface area contributed by atoms with E-state index in [1.807, 2.05) is 20.8 Å². The Morgan fingerprint density at radius 3 is 2.38 bits per heavy atom.